The van der Waals surface area contributed by atoms with Gasteiger partial charge in [0.15, 0.2) is 5.82 Å². The minimum Gasteiger partial charge on any atom is -0.338 e. The van der Waals surface area contributed by atoms with Crippen LogP contribution in [-0.2, 0) is 0 Å². The lowest BCUT2D eigenvalue weighted by Gasteiger charge is -1.85. The first-order valence-corrected chi connectivity index (χ1v) is 4.44. The summed E-state index contributed by atoms with van der Waals surface area (Å²) in [4.78, 5) is 7.19. The molecule has 0 spiro atoms. The Hall–Kier alpha value is -2.01. The molecule has 0 atom stereocenters. The van der Waals surface area contributed by atoms with Gasteiger partial charge in [0.2, 0.25) is 0 Å². The van der Waals surface area contributed by atoms with E-state index in [0.29, 0.717) is 5.82 Å². The minimum absolute atomic E-state index is 0.714. The summed E-state index contributed by atoms with van der Waals surface area (Å²) < 4.78 is 0. The van der Waals surface area contributed by atoms with E-state index in [0.717, 1.165) is 11.3 Å². The average Bonchev–Trinajstić information content (AvgIpc) is 2.63. The van der Waals surface area contributed by atoms with Gasteiger partial charge in [0.05, 0.1) is 5.69 Å². The fourth-order valence-electron chi connectivity index (χ4n) is 1.13. The second-order valence-electron chi connectivity index (χ2n) is 3.01. The molecule has 0 fully saturated rings. The number of H-pyrrole nitrogens is 1. The average molecular weight is 182 g/mol. The fourth-order valence-corrected chi connectivity index (χ4v) is 1.13. The number of nitrogens with zero attached hydrogens (tertiary/aromatic N) is 1. The second-order valence-corrected chi connectivity index (χ2v) is 3.01. The fraction of sp³-hybridized carbons (Fsp3) is 0.0833. The minimum atomic E-state index is 0.714. The third-order valence-electron chi connectivity index (χ3n) is 1.80. The predicted molar refractivity (Wildman–Crippen MR) is 55.7 cm³/mol. The Morgan fingerprint density at radius 3 is 2.57 bits per heavy atom. The molecule has 2 aromatic rings. The van der Waals surface area contributed by atoms with Gasteiger partial charge in [-0.25, -0.2) is 4.98 Å². The highest BCUT2D eigenvalue weighted by Gasteiger charge is 1.90. The zero-order valence-electron chi connectivity index (χ0n) is 7.91. The van der Waals surface area contributed by atoms with Gasteiger partial charge in [-0.15, -0.1) is 0 Å². The maximum absolute atomic E-state index is 4.20. The van der Waals surface area contributed by atoms with Crippen molar-refractivity contribution in [1.82, 2.24) is 9.97 Å². The van der Waals surface area contributed by atoms with Gasteiger partial charge >= 0.3 is 0 Å². The molecule has 0 aliphatic rings. The van der Waals surface area contributed by atoms with E-state index in [-0.39, 0.29) is 0 Å². The van der Waals surface area contributed by atoms with Crippen LogP contribution in [0.2, 0.25) is 0 Å². The Morgan fingerprint density at radius 1 is 1.14 bits per heavy atom. The molecule has 68 valence electrons. The predicted octanol–water partition coefficient (Wildman–Crippen LogP) is 2.12. The smallest absolute Gasteiger partial charge is 0.183 e. The van der Waals surface area contributed by atoms with Crippen molar-refractivity contribution in [3.05, 3.63) is 53.6 Å². The summed E-state index contributed by atoms with van der Waals surface area (Å²) >= 11 is 0. The lowest BCUT2D eigenvalue weighted by Crippen LogP contribution is -1.77. The second kappa shape index (κ2) is 3.80. The summed E-state index contributed by atoms with van der Waals surface area (Å²) in [5, 5.41) is 0. The molecule has 1 N–H and O–H groups in total. The first-order chi connectivity index (χ1) is 6.84. The molecule has 1 heterocycles. The number of aromatic nitrogens is 2. The summed E-state index contributed by atoms with van der Waals surface area (Å²) in [5.41, 5.74) is 1.96. The third kappa shape index (κ3) is 2.02. The largest absolute Gasteiger partial charge is 0.338 e. The molecule has 1 aromatic heterocycles. The van der Waals surface area contributed by atoms with Crippen molar-refractivity contribution in [1.29, 1.82) is 0 Å². The molecule has 0 saturated carbocycles. The third-order valence-corrected chi connectivity index (χ3v) is 1.80. The van der Waals surface area contributed by atoms with Gasteiger partial charge in [0.25, 0.3) is 0 Å². The number of benzene rings is 1. The standard InChI is InChI=1S/C12H10N2/c1-10-9-13-12(14-10)8-7-11-5-3-2-4-6-11/h2-6,9H,1H3,(H,13,14). The molecular weight excluding hydrogens is 172 g/mol. The van der Waals surface area contributed by atoms with Crippen LogP contribution in [0.3, 0.4) is 0 Å². The van der Waals surface area contributed by atoms with Crippen LogP contribution in [0.5, 0.6) is 0 Å². The van der Waals surface area contributed by atoms with Crippen molar-refractivity contribution in [3.8, 4) is 11.8 Å². The lowest BCUT2D eigenvalue weighted by molar-refractivity contribution is 1.21. The first kappa shape index (κ1) is 8.58. The summed E-state index contributed by atoms with van der Waals surface area (Å²) in [6.07, 6.45) is 1.84. The number of hydrogen-bond acceptors (Lipinski definition) is 1. The van der Waals surface area contributed by atoms with Gasteiger partial charge in [-0.05, 0) is 25.0 Å². The van der Waals surface area contributed by atoms with Crippen molar-refractivity contribution in [3.63, 3.8) is 0 Å². The van der Waals surface area contributed by atoms with Gasteiger partial charge in [0, 0.05) is 11.8 Å². The molecule has 0 saturated heterocycles. The van der Waals surface area contributed by atoms with Crippen molar-refractivity contribution >= 4 is 0 Å². The van der Waals surface area contributed by atoms with Gasteiger partial charge in [-0.1, -0.05) is 24.1 Å². The maximum atomic E-state index is 4.20. The highest BCUT2D eigenvalue weighted by molar-refractivity contribution is 5.37. The monoisotopic (exact) mass is 182 g/mol. The van der Waals surface area contributed by atoms with Gasteiger partial charge < -0.3 is 4.98 Å². The van der Waals surface area contributed by atoms with Crippen LogP contribution in [0.4, 0.5) is 0 Å². The topological polar surface area (TPSA) is 28.7 Å². The van der Waals surface area contributed by atoms with Crippen LogP contribution in [0.25, 0.3) is 0 Å². The highest BCUT2D eigenvalue weighted by atomic mass is 14.9. The summed E-state index contributed by atoms with van der Waals surface area (Å²) in [6.45, 7) is 1.93. The quantitative estimate of drug-likeness (QED) is 0.621. The Morgan fingerprint density at radius 2 is 1.93 bits per heavy atom. The van der Waals surface area contributed by atoms with Crippen molar-refractivity contribution in [2.75, 3.05) is 0 Å². The molecule has 2 rings (SSSR count). The molecule has 14 heavy (non-hydrogen) atoms. The Kier molecular flexibility index (Phi) is 2.33. The summed E-state index contributed by atoms with van der Waals surface area (Å²) in [7, 11) is 0. The molecule has 0 radical (unpaired) electrons. The number of aryl methyl sites for hydroxylation is 1. The van der Waals surface area contributed by atoms with E-state index in [2.05, 4.69) is 21.8 Å². The zero-order valence-corrected chi connectivity index (χ0v) is 7.91. The molecular formula is C12H10N2. The first-order valence-electron chi connectivity index (χ1n) is 4.44. The van der Waals surface area contributed by atoms with Crippen LogP contribution in [0.1, 0.15) is 17.1 Å². The number of rotatable bonds is 0. The molecule has 0 aliphatic heterocycles. The normalized spacial score (nSPS) is 9.21. The van der Waals surface area contributed by atoms with Crippen molar-refractivity contribution < 1.29 is 0 Å². The molecule has 1 aromatic carbocycles. The van der Waals surface area contributed by atoms with E-state index < -0.39 is 0 Å². The van der Waals surface area contributed by atoms with E-state index in [1.54, 1.807) is 0 Å². The lowest BCUT2D eigenvalue weighted by atomic mass is 10.2. The Labute approximate surface area is 83.0 Å². The van der Waals surface area contributed by atoms with Crippen LogP contribution in [-0.4, -0.2) is 9.97 Å². The van der Waals surface area contributed by atoms with Crippen LogP contribution in [0, 0.1) is 18.8 Å². The SMILES string of the molecule is Cc1c[nH]c(C#Cc2ccccc2)n1. The number of aromatic amines is 1. The Balaban J connectivity index is 2.23. The maximum Gasteiger partial charge on any atom is 0.183 e. The molecule has 0 amide bonds. The molecule has 0 unspecified atom stereocenters. The van der Waals surface area contributed by atoms with Crippen molar-refractivity contribution in [2.45, 2.75) is 6.92 Å². The van der Waals surface area contributed by atoms with E-state index in [9.17, 15) is 0 Å². The van der Waals surface area contributed by atoms with Gasteiger partial charge in [-0.3, -0.25) is 0 Å². The zero-order chi connectivity index (χ0) is 9.80. The van der Waals surface area contributed by atoms with Crippen LogP contribution >= 0.6 is 0 Å². The van der Waals surface area contributed by atoms with Crippen molar-refractivity contribution in [2.24, 2.45) is 0 Å². The molecule has 0 bridgehead atoms. The summed E-state index contributed by atoms with van der Waals surface area (Å²) in [6, 6.07) is 9.86. The van der Waals surface area contributed by atoms with E-state index >= 15 is 0 Å². The van der Waals surface area contributed by atoms with E-state index in [4.69, 9.17) is 0 Å². The van der Waals surface area contributed by atoms with Crippen LogP contribution < -0.4 is 0 Å². The number of nitrogens with one attached hydrogen (secondary N) is 1. The highest BCUT2D eigenvalue weighted by Crippen LogP contribution is 1.96. The molecule has 2 nitrogen and oxygen atoms in total. The van der Waals surface area contributed by atoms with Gasteiger partial charge in [0.1, 0.15) is 0 Å². The Bertz CT molecular complexity index is 472. The summed E-state index contributed by atoms with van der Waals surface area (Å²) in [5.74, 6) is 6.71. The van der Waals surface area contributed by atoms with E-state index in [1.807, 2.05) is 43.5 Å². The van der Waals surface area contributed by atoms with Crippen LogP contribution in [0.15, 0.2) is 36.5 Å². The number of hydrogen-bond donors (Lipinski definition) is 1. The molecule has 2 heteroatoms. The van der Waals surface area contributed by atoms with Gasteiger partial charge in [-0.2, -0.15) is 0 Å². The number of imidazole rings is 1. The molecule has 0 aliphatic carbocycles. The van der Waals surface area contributed by atoms with E-state index in [1.165, 1.54) is 0 Å².